The Morgan fingerprint density at radius 2 is 1.96 bits per heavy atom. The average molecular weight is 312 g/mol. The Kier molecular flexibility index (Phi) is 4.02. The molecule has 23 heavy (non-hydrogen) atoms. The Morgan fingerprint density at radius 3 is 2.65 bits per heavy atom. The Morgan fingerprint density at radius 1 is 1.22 bits per heavy atom. The molecule has 1 aromatic heterocycles. The molecule has 0 radical (unpaired) electrons. The molecule has 0 fully saturated rings. The Labute approximate surface area is 133 Å². The predicted octanol–water partition coefficient (Wildman–Crippen LogP) is 3.55. The summed E-state index contributed by atoms with van der Waals surface area (Å²) in [6, 6.07) is 11.9. The van der Waals surface area contributed by atoms with Gasteiger partial charge in [0.1, 0.15) is 17.3 Å². The maximum atomic E-state index is 13.3. The molecule has 2 aromatic carbocycles. The zero-order valence-corrected chi connectivity index (χ0v) is 12.9. The molecule has 0 bridgehead atoms. The van der Waals surface area contributed by atoms with Gasteiger partial charge in [0.2, 0.25) is 0 Å². The highest BCUT2D eigenvalue weighted by molar-refractivity contribution is 6.00. The van der Waals surface area contributed by atoms with Gasteiger partial charge >= 0.3 is 0 Å². The average Bonchev–Trinajstić information content (AvgIpc) is 2.89. The van der Waals surface area contributed by atoms with Gasteiger partial charge in [-0.25, -0.2) is 4.39 Å². The van der Waals surface area contributed by atoms with Crippen molar-refractivity contribution in [3.63, 3.8) is 0 Å². The Balaban J connectivity index is 1.76. The number of hydrogen-bond donors (Lipinski definition) is 2. The fourth-order valence-corrected chi connectivity index (χ4v) is 2.55. The second kappa shape index (κ2) is 6.12. The van der Waals surface area contributed by atoms with Crippen molar-refractivity contribution in [3.8, 4) is 5.75 Å². The van der Waals surface area contributed by atoms with Crippen LogP contribution in [0, 0.1) is 12.7 Å². The first-order chi connectivity index (χ1) is 11.1. The summed E-state index contributed by atoms with van der Waals surface area (Å²) in [6.07, 6.45) is 0. The second-order valence-corrected chi connectivity index (χ2v) is 5.35. The van der Waals surface area contributed by atoms with Crippen molar-refractivity contribution >= 4 is 16.8 Å². The summed E-state index contributed by atoms with van der Waals surface area (Å²) in [6.45, 7) is 2.25. The summed E-state index contributed by atoms with van der Waals surface area (Å²) in [5.41, 5.74) is 2.86. The van der Waals surface area contributed by atoms with Crippen molar-refractivity contribution in [3.05, 3.63) is 65.1 Å². The predicted molar refractivity (Wildman–Crippen MR) is 87.2 cm³/mol. The van der Waals surface area contributed by atoms with E-state index in [0.717, 1.165) is 22.3 Å². The lowest BCUT2D eigenvalue weighted by atomic mass is 10.1. The minimum atomic E-state index is -0.330. The maximum absolute atomic E-state index is 13.3. The number of ether oxygens (including phenoxy) is 1. The van der Waals surface area contributed by atoms with Gasteiger partial charge in [0.15, 0.2) is 0 Å². The molecule has 1 amide bonds. The van der Waals surface area contributed by atoms with E-state index in [1.807, 2.05) is 31.2 Å². The van der Waals surface area contributed by atoms with E-state index in [4.69, 9.17) is 4.74 Å². The summed E-state index contributed by atoms with van der Waals surface area (Å²) in [7, 11) is 1.61. The molecule has 0 spiro atoms. The van der Waals surface area contributed by atoms with Gasteiger partial charge in [-0.1, -0.05) is 12.1 Å². The number of fused-ring (bicyclic) bond motifs is 1. The monoisotopic (exact) mass is 312 g/mol. The highest BCUT2D eigenvalue weighted by Crippen LogP contribution is 2.22. The smallest absolute Gasteiger partial charge is 0.268 e. The first kappa shape index (κ1) is 15.1. The molecule has 1 heterocycles. The normalized spacial score (nSPS) is 10.7. The minimum absolute atomic E-state index is 0.213. The van der Waals surface area contributed by atoms with E-state index in [9.17, 15) is 9.18 Å². The standard InChI is InChI=1S/C18H17FN2O2/c1-11-15-8-5-13(19)9-16(15)21-17(11)18(22)20-10-12-3-6-14(23-2)7-4-12/h3-9,21H,10H2,1-2H3,(H,20,22). The largest absolute Gasteiger partial charge is 0.497 e. The van der Waals surface area contributed by atoms with Gasteiger partial charge in [-0.15, -0.1) is 0 Å². The van der Waals surface area contributed by atoms with E-state index in [2.05, 4.69) is 10.3 Å². The van der Waals surface area contributed by atoms with Gasteiger partial charge in [0.05, 0.1) is 7.11 Å². The summed E-state index contributed by atoms with van der Waals surface area (Å²) < 4.78 is 18.4. The van der Waals surface area contributed by atoms with E-state index in [1.165, 1.54) is 12.1 Å². The van der Waals surface area contributed by atoms with Crippen LogP contribution in [-0.2, 0) is 6.54 Å². The molecule has 0 unspecified atom stereocenters. The molecule has 0 aliphatic heterocycles. The highest BCUT2D eigenvalue weighted by atomic mass is 19.1. The molecule has 4 nitrogen and oxygen atoms in total. The van der Waals surface area contributed by atoms with Crippen LogP contribution >= 0.6 is 0 Å². The molecule has 0 saturated carbocycles. The van der Waals surface area contributed by atoms with E-state index in [1.54, 1.807) is 13.2 Å². The molecule has 2 N–H and O–H groups in total. The number of halogens is 1. The topological polar surface area (TPSA) is 54.1 Å². The Hall–Kier alpha value is -2.82. The molecule has 3 aromatic rings. The molecule has 5 heteroatoms. The molecule has 0 saturated heterocycles. The van der Waals surface area contributed by atoms with Gasteiger partial charge in [-0.05, 0) is 48.4 Å². The number of carbonyl (C=O) groups is 1. The highest BCUT2D eigenvalue weighted by Gasteiger charge is 2.14. The minimum Gasteiger partial charge on any atom is -0.497 e. The zero-order valence-electron chi connectivity index (χ0n) is 12.9. The fourth-order valence-electron chi connectivity index (χ4n) is 2.55. The van der Waals surface area contributed by atoms with Crippen molar-refractivity contribution in [2.75, 3.05) is 7.11 Å². The quantitative estimate of drug-likeness (QED) is 0.774. The molecular weight excluding hydrogens is 295 g/mol. The van der Waals surface area contributed by atoms with Crippen LogP contribution in [0.2, 0.25) is 0 Å². The third-order valence-corrected chi connectivity index (χ3v) is 3.86. The summed E-state index contributed by atoms with van der Waals surface area (Å²) >= 11 is 0. The van der Waals surface area contributed by atoms with Crippen LogP contribution in [0.25, 0.3) is 10.9 Å². The number of aromatic amines is 1. The summed E-state index contributed by atoms with van der Waals surface area (Å²) in [4.78, 5) is 15.3. The molecule has 0 aliphatic carbocycles. The number of carbonyl (C=O) groups excluding carboxylic acids is 1. The van der Waals surface area contributed by atoms with Crippen molar-refractivity contribution < 1.29 is 13.9 Å². The fraction of sp³-hybridized carbons (Fsp3) is 0.167. The van der Waals surface area contributed by atoms with Crippen LogP contribution in [0.5, 0.6) is 5.75 Å². The number of nitrogens with one attached hydrogen (secondary N) is 2. The number of benzene rings is 2. The van der Waals surface area contributed by atoms with Crippen LogP contribution in [0.15, 0.2) is 42.5 Å². The number of hydrogen-bond acceptors (Lipinski definition) is 2. The van der Waals surface area contributed by atoms with Crippen molar-refractivity contribution in [2.45, 2.75) is 13.5 Å². The van der Waals surface area contributed by atoms with Crippen LogP contribution in [0.3, 0.4) is 0 Å². The van der Waals surface area contributed by atoms with Crippen LogP contribution in [-0.4, -0.2) is 18.0 Å². The number of methoxy groups -OCH3 is 1. The van der Waals surface area contributed by atoms with E-state index in [0.29, 0.717) is 17.8 Å². The Bertz CT molecular complexity index is 853. The molecular formula is C18H17FN2O2. The van der Waals surface area contributed by atoms with Gasteiger partial charge in [-0.2, -0.15) is 0 Å². The first-order valence-electron chi connectivity index (χ1n) is 7.27. The van der Waals surface area contributed by atoms with Gasteiger partial charge in [-0.3, -0.25) is 4.79 Å². The van der Waals surface area contributed by atoms with Crippen LogP contribution in [0.1, 0.15) is 21.6 Å². The number of aryl methyl sites for hydroxylation is 1. The van der Waals surface area contributed by atoms with Crippen molar-refractivity contribution in [1.29, 1.82) is 0 Å². The van der Waals surface area contributed by atoms with Gasteiger partial charge in [0, 0.05) is 17.4 Å². The lowest BCUT2D eigenvalue weighted by Gasteiger charge is -2.06. The molecule has 0 atom stereocenters. The van der Waals surface area contributed by atoms with Gasteiger partial charge in [0.25, 0.3) is 5.91 Å². The number of H-pyrrole nitrogens is 1. The number of aromatic nitrogens is 1. The molecule has 0 aliphatic rings. The maximum Gasteiger partial charge on any atom is 0.268 e. The SMILES string of the molecule is COc1ccc(CNC(=O)c2[nH]c3cc(F)ccc3c2C)cc1. The lowest BCUT2D eigenvalue weighted by Crippen LogP contribution is -2.23. The number of rotatable bonds is 4. The van der Waals surface area contributed by atoms with Crippen LogP contribution in [0.4, 0.5) is 4.39 Å². The van der Waals surface area contributed by atoms with E-state index < -0.39 is 0 Å². The summed E-state index contributed by atoms with van der Waals surface area (Å²) in [5.74, 6) is 0.229. The number of amides is 1. The molecule has 118 valence electrons. The van der Waals surface area contributed by atoms with Crippen molar-refractivity contribution in [2.24, 2.45) is 0 Å². The third kappa shape index (κ3) is 3.04. The summed E-state index contributed by atoms with van der Waals surface area (Å²) in [5, 5.41) is 3.71. The van der Waals surface area contributed by atoms with Crippen LogP contribution < -0.4 is 10.1 Å². The van der Waals surface area contributed by atoms with Gasteiger partial charge < -0.3 is 15.0 Å². The van der Waals surface area contributed by atoms with E-state index >= 15 is 0 Å². The zero-order chi connectivity index (χ0) is 16.4. The molecule has 3 rings (SSSR count). The third-order valence-electron chi connectivity index (χ3n) is 3.86. The van der Waals surface area contributed by atoms with E-state index in [-0.39, 0.29) is 11.7 Å². The second-order valence-electron chi connectivity index (χ2n) is 5.35. The first-order valence-corrected chi connectivity index (χ1v) is 7.27. The lowest BCUT2D eigenvalue weighted by molar-refractivity contribution is 0.0946. The van der Waals surface area contributed by atoms with Crippen molar-refractivity contribution in [1.82, 2.24) is 10.3 Å².